The third-order valence-corrected chi connectivity index (χ3v) is 2.26. The summed E-state index contributed by atoms with van der Waals surface area (Å²) in [5.74, 6) is -3.07. The lowest BCUT2D eigenvalue weighted by molar-refractivity contribution is -0.276. The average molecular weight is 318 g/mol. The molecule has 5 nitrogen and oxygen atoms in total. The first-order valence-corrected chi connectivity index (χ1v) is 5.21. The second kappa shape index (κ2) is 5.76. The molecule has 0 aromatic carbocycles. The number of hydrogen-bond donors (Lipinski definition) is 2. The van der Waals surface area contributed by atoms with E-state index in [0.717, 1.165) is 0 Å². The summed E-state index contributed by atoms with van der Waals surface area (Å²) in [5.41, 5.74) is 2.04. The van der Waals surface area contributed by atoms with E-state index in [1.807, 2.05) is 0 Å². The SMILES string of the molecule is NCc1c(CC(=O)O)ncc(C(F)(F)F)c1OC(F)(F)F. The molecule has 11 heteroatoms. The molecule has 0 aliphatic rings. The standard InChI is InChI=1S/C10H8F6N2O3/c11-9(12,13)5-3-18-6(1-7(19)20)4(2-17)8(5)21-10(14,15)16/h3H,1-2,17H2,(H,19,20). The third kappa shape index (κ3) is 4.48. The molecule has 1 rings (SSSR count). The molecule has 1 aromatic heterocycles. The van der Waals surface area contributed by atoms with Crippen LogP contribution in [0.3, 0.4) is 0 Å². The minimum Gasteiger partial charge on any atom is -0.481 e. The fourth-order valence-electron chi connectivity index (χ4n) is 1.51. The molecule has 1 heterocycles. The highest BCUT2D eigenvalue weighted by atomic mass is 19.4. The van der Waals surface area contributed by atoms with E-state index in [1.165, 1.54) is 0 Å². The maximum Gasteiger partial charge on any atom is 0.573 e. The summed E-state index contributed by atoms with van der Waals surface area (Å²) in [7, 11) is 0. The normalized spacial score (nSPS) is 12.3. The van der Waals surface area contributed by atoms with Crippen molar-refractivity contribution in [3.8, 4) is 5.75 Å². The fraction of sp³-hybridized carbons (Fsp3) is 0.400. The van der Waals surface area contributed by atoms with Gasteiger partial charge in [0.2, 0.25) is 0 Å². The molecule has 0 aliphatic carbocycles. The maximum atomic E-state index is 12.7. The minimum atomic E-state index is -5.40. The number of nitrogens with two attached hydrogens (primary N) is 1. The Hall–Kier alpha value is -2.04. The van der Waals surface area contributed by atoms with Crippen LogP contribution in [-0.4, -0.2) is 22.4 Å². The van der Waals surface area contributed by atoms with Gasteiger partial charge in [0.25, 0.3) is 0 Å². The second-order valence-corrected chi connectivity index (χ2v) is 3.75. The zero-order valence-corrected chi connectivity index (χ0v) is 10.0. The summed E-state index contributed by atoms with van der Waals surface area (Å²) in [6.45, 7) is -0.801. The van der Waals surface area contributed by atoms with Crippen molar-refractivity contribution in [1.29, 1.82) is 0 Å². The van der Waals surface area contributed by atoms with Crippen molar-refractivity contribution in [2.24, 2.45) is 5.73 Å². The van der Waals surface area contributed by atoms with E-state index >= 15 is 0 Å². The van der Waals surface area contributed by atoms with Crippen molar-refractivity contribution < 1.29 is 41.0 Å². The van der Waals surface area contributed by atoms with Crippen molar-refractivity contribution in [2.75, 3.05) is 0 Å². The Bertz CT molecular complexity index is 541. The van der Waals surface area contributed by atoms with Gasteiger partial charge in [-0.3, -0.25) is 9.78 Å². The molecule has 0 saturated heterocycles. The number of carboxylic acids is 1. The lowest BCUT2D eigenvalue weighted by Gasteiger charge is -2.19. The Morgan fingerprint density at radius 1 is 1.29 bits per heavy atom. The van der Waals surface area contributed by atoms with Crippen LogP contribution in [0.15, 0.2) is 6.20 Å². The van der Waals surface area contributed by atoms with Gasteiger partial charge in [-0.25, -0.2) is 0 Å². The van der Waals surface area contributed by atoms with Crippen LogP contribution < -0.4 is 10.5 Å². The predicted octanol–water partition coefficient (Wildman–Crippen LogP) is 2.08. The molecule has 0 radical (unpaired) electrons. The molecule has 0 saturated carbocycles. The van der Waals surface area contributed by atoms with Crippen molar-refractivity contribution in [1.82, 2.24) is 4.98 Å². The van der Waals surface area contributed by atoms with Gasteiger partial charge in [0.1, 0.15) is 11.3 Å². The smallest absolute Gasteiger partial charge is 0.481 e. The average Bonchev–Trinajstić information content (AvgIpc) is 2.24. The predicted molar refractivity (Wildman–Crippen MR) is 55.2 cm³/mol. The van der Waals surface area contributed by atoms with Gasteiger partial charge in [-0.1, -0.05) is 0 Å². The first kappa shape index (κ1) is 17.0. The summed E-state index contributed by atoms with van der Waals surface area (Å²) >= 11 is 0. The number of carbonyl (C=O) groups is 1. The number of aromatic nitrogens is 1. The first-order valence-electron chi connectivity index (χ1n) is 5.21. The number of alkyl halides is 6. The Balaban J connectivity index is 3.52. The van der Waals surface area contributed by atoms with Crippen LogP contribution in [-0.2, 0) is 23.9 Å². The quantitative estimate of drug-likeness (QED) is 0.830. The Labute approximate surface area is 113 Å². The van der Waals surface area contributed by atoms with E-state index in [0.29, 0.717) is 0 Å². The molecular formula is C10H8F6N2O3. The molecule has 0 amide bonds. The molecule has 1 aromatic rings. The Kier molecular flexibility index (Phi) is 4.66. The van der Waals surface area contributed by atoms with Crippen molar-refractivity contribution >= 4 is 5.97 Å². The molecule has 0 aliphatic heterocycles. The van der Waals surface area contributed by atoms with E-state index in [-0.39, 0.29) is 6.20 Å². The zero-order valence-electron chi connectivity index (χ0n) is 10.0. The van der Waals surface area contributed by atoms with Crippen LogP contribution in [0.5, 0.6) is 5.75 Å². The second-order valence-electron chi connectivity index (χ2n) is 3.75. The summed E-state index contributed by atoms with van der Waals surface area (Å²) in [6, 6.07) is 0. The van der Waals surface area contributed by atoms with Gasteiger partial charge < -0.3 is 15.6 Å². The summed E-state index contributed by atoms with van der Waals surface area (Å²) < 4.78 is 78.2. The molecule has 0 bridgehead atoms. The highest BCUT2D eigenvalue weighted by molar-refractivity contribution is 5.70. The molecule has 0 unspecified atom stereocenters. The number of pyridine rings is 1. The third-order valence-electron chi connectivity index (χ3n) is 2.26. The molecule has 0 fully saturated rings. The summed E-state index contributed by atoms with van der Waals surface area (Å²) in [6.07, 6.45) is -11.4. The van der Waals surface area contributed by atoms with Gasteiger partial charge in [0, 0.05) is 18.3 Å². The maximum absolute atomic E-state index is 12.7. The number of rotatable bonds is 4. The van der Waals surface area contributed by atoms with Crippen molar-refractivity contribution in [2.45, 2.75) is 25.5 Å². The molecular weight excluding hydrogens is 310 g/mol. The number of ether oxygens (including phenoxy) is 1. The number of halogens is 6. The van der Waals surface area contributed by atoms with Crippen LogP contribution in [0.1, 0.15) is 16.8 Å². The molecule has 0 atom stereocenters. The number of carboxylic acid groups (broad SMARTS) is 1. The van der Waals surface area contributed by atoms with Crippen LogP contribution in [0.4, 0.5) is 26.3 Å². The minimum absolute atomic E-state index is 0.0819. The van der Waals surface area contributed by atoms with Crippen molar-refractivity contribution in [3.05, 3.63) is 23.0 Å². The van der Waals surface area contributed by atoms with Crippen LogP contribution in [0.25, 0.3) is 0 Å². The van der Waals surface area contributed by atoms with Crippen LogP contribution in [0.2, 0.25) is 0 Å². The first-order chi connectivity index (χ1) is 9.45. The lowest BCUT2D eigenvalue weighted by atomic mass is 10.1. The summed E-state index contributed by atoms with van der Waals surface area (Å²) in [5, 5.41) is 8.57. The zero-order chi connectivity index (χ0) is 16.4. The summed E-state index contributed by atoms with van der Waals surface area (Å²) in [4.78, 5) is 13.8. The largest absolute Gasteiger partial charge is 0.573 e. The van der Waals surface area contributed by atoms with E-state index in [9.17, 15) is 31.1 Å². The van der Waals surface area contributed by atoms with Crippen LogP contribution >= 0.6 is 0 Å². The number of hydrogen-bond acceptors (Lipinski definition) is 4. The lowest BCUT2D eigenvalue weighted by Crippen LogP contribution is -2.23. The highest BCUT2D eigenvalue weighted by Gasteiger charge is 2.41. The van der Waals surface area contributed by atoms with E-state index < -0.39 is 54.0 Å². The van der Waals surface area contributed by atoms with E-state index in [1.54, 1.807) is 0 Å². The number of nitrogens with zero attached hydrogens (tertiary/aromatic N) is 1. The highest BCUT2D eigenvalue weighted by Crippen LogP contribution is 2.40. The monoisotopic (exact) mass is 318 g/mol. The van der Waals surface area contributed by atoms with Crippen molar-refractivity contribution in [3.63, 3.8) is 0 Å². The fourth-order valence-corrected chi connectivity index (χ4v) is 1.51. The van der Waals surface area contributed by atoms with Gasteiger partial charge in [0.05, 0.1) is 12.1 Å². The van der Waals surface area contributed by atoms with Gasteiger partial charge in [-0.05, 0) is 0 Å². The van der Waals surface area contributed by atoms with Crippen LogP contribution in [0, 0.1) is 0 Å². The van der Waals surface area contributed by atoms with E-state index in [2.05, 4.69) is 9.72 Å². The molecule has 0 spiro atoms. The Morgan fingerprint density at radius 3 is 2.24 bits per heavy atom. The van der Waals surface area contributed by atoms with Gasteiger partial charge >= 0.3 is 18.5 Å². The van der Waals surface area contributed by atoms with Gasteiger partial charge in [0.15, 0.2) is 0 Å². The molecule has 118 valence electrons. The topological polar surface area (TPSA) is 85.4 Å². The molecule has 21 heavy (non-hydrogen) atoms. The van der Waals surface area contributed by atoms with Gasteiger partial charge in [-0.15, -0.1) is 13.2 Å². The molecule has 3 N–H and O–H groups in total. The van der Waals surface area contributed by atoms with E-state index in [4.69, 9.17) is 10.8 Å². The van der Waals surface area contributed by atoms with Gasteiger partial charge in [-0.2, -0.15) is 13.2 Å². The number of aliphatic carboxylic acids is 1. The Morgan fingerprint density at radius 2 is 1.86 bits per heavy atom.